The van der Waals surface area contributed by atoms with Crippen molar-refractivity contribution in [2.75, 3.05) is 44.3 Å². The van der Waals surface area contributed by atoms with Crippen molar-refractivity contribution in [1.82, 2.24) is 4.90 Å². The Balaban J connectivity index is 1.40. The summed E-state index contributed by atoms with van der Waals surface area (Å²) < 4.78 is 11.4. The van der Waals surface area contributed by atoms with Gasteiger partial charge < -0.3 is 14.4 Å². The topological polar surface area (TPSA) is 68.1 Å². The summed E-state index contributed by atoms with van der Waals surface area (Å²) in [6.07, 6.45) is 0. The van der Waals surface area contributed by atoms with E-state index in [2.05, 4.69) is 15.9 Å². The fourth-order valence-electron chi connectivity index (χ4n) is 3.47. The minimum Gasteiger partial charge on any atom is -0.486 e. The predicted molar refractivity (Wildman–Crippen MR) is 98.0 cm³/mol. The molecule has 136 valence electrons. The number of fused-ring (bicyclic) bond motifs is 1. The van der Waals surface area contributed by atoms with E-state index in [9.17, 15) is 10.1 Å². The number of ether oxygens (including phenoxy) is 2. The lowest BCUT2D eigenvalue weighted by Crippen LogP contribution is -2.46. The maximum absolute atomic E-state index is 11.0. The second-order valence-corrected chi connectivity index (χ2v) is 6.48. The van der Waals surface area contributed by atoms with Crippen LogP contribution in [0.3, 0.4) is 0 Å². The van der Waals surface area contributed by atoms with Crippen LogP contribution in [0, 0.1) is 10.1 Å². The molecule has 2 aromatic carbocycles. The first-order chi connectivity index (χ1) is 12.7. The Morgan fingerprint density at radius 2 is 1.77 bits per heavy atom. The van der Waals surface area contributed by atoms with Crippen molar-refractivity contribution in [3.63, 3.8) is 0 Å². The van der Waals surface area contributed by atoms with Gasteiger partial charge in [0, 0.05) is 56.1 Å². The fraction of sp³-hybridized carbons (Fsp3) is 0.368. The highest BCUT2D eigenvalue weighted by atomic mass is 16.6. The van der Waals surface area contributed by atoms with Gasteiger partial charge in [0.1, 0.15) is 13.2 Å². The van der Waals surface area contributed by atoms with Crippen LogP contribution in [0.15, 0.2) is 42.5 Å². The van der Waals surface area contributed by atoms with E-state index >= 15 is 0 Å². The zero-order valence-electron chi connectivity index (χ0n) is 14.5. The predicted octanol–water partition coefficient (Wildman–Crippen LogP) is 2.69. The summed E-state index contributed by atoms with van der Waals surface area (Å²) >= 11 is 0. The quantitative estimate of drug-likeness (QED) is 0.620. The van der Waals surface area contributed by atoms with Gasteiger partial charge in [-0.2, -0.15) is 0 Å². The lowest BCUT2D eigenvalue weighted by molar-refractivity contribution is -0.384. The summed E-state index contributed by atoms with van der Waals surface area (Å²) in [4.78, 5) is 15.2. The van der Waals surface area contributed by atoms with E-state index < -0.39 is 0 Å². The SMILES string of the molecule is O=[N+]([O-])c1cccc(N2CCN(Cc3cccc4c3OCCO4)CC2)c1. The van der Waals surface area contributed by atoms with E-state index in [0.717, 1.165) is 55.5 Å². The summed E-state index contributed by atoms with van der Waals surface area (Å²) in [5.41, 5.74) is 2.19. The summed E-state index contributed by atoms with van der Waals surface area (Å²) in [5.74, 6) is 1.68. The number of rotatable bonds is 4. The van der Waals surface area contributed by atoms with Crippen LogP contribution in [0.4, 0.5) is 11.4 Å². The van der Waals surface area contributed by atoms with Gasteiger partial charge in [0.2, 0.25) is 0 Å². The molecule has 4 rings (SSSR count). The lowest BCUT2D eigenvalue weighted by Gasteiger charge is -2.36. The first-order valence-electron chi connectivity index (χ1n) is 8.80. The molecule has 0 aromatic heterocycles. The van der Waals surface area contributed by atoms with Crippen molar-refractivity contribution in [2.45, 2.75) is 6.54 Å². The van der Waals surface area contributed by atoms with Crippen molar-refractivity contribution in [1.29, 1.82) is 0 Å². The van der Waals surface area contributed by atoms with Gasteiger partial charge in [-0.3, -0.25) is 15.0 Å². The van der Waals surface area contributed by atoms with Gasteiger partial charge in [0.15, 0.2) is 11.5 Å². The molecule has 0 radical (unpaired) electrons. The average Bonchev–Trinajstić information content (AvgIpc) is 2.69. The van der Waals surface area contributed by atoms with Gasteiger partial charge in [-0.05, 0) is 12.1 Å². The number of piperazine rings is 1. The normalized spacial score (nSPS) is 17.2. The van der Waals surface area contributed by atoms with Crippen molar-refractivity contribution in [3.05, 3.63) is 58.1 Å². The summed E-state index contributed by atoms with van der Waals surface area (Å²) in [7, 11) is 0. The van der Waals surface area contributed by atoms with Crippen molar-refractivity contribution in [2.24, 2.45) is 0 Å². The third-order valence-electron chi connectivity index (χ3n) is 4.82. The Morgan fingerprint density at radius 1 is 1.00 bits per heavy atom. The van der Waals surface area contributed by atoms with Crippen LogP contribution in [0.25, 0.3) is 0 Å². The molecule has 0 amide bonds. The lowest BCUT2D eigenvalue weighted by atomic mass is 10.1. The van der Waals surface area contributed by atoms with Gasteiger partial charge in [-0.1, -0.05) is 18.2 Å². The van der Waals surface area contributed by atoms with Crippen molar-refractivity contribution >= 4 is 11.4 Å². The standard InChI is InChI=1S/C19H21N3O4/c23-22(24)17-5-2-4-16(13-17)21-9-7-20(8-10-21)14-15-3-1-6-18-19(15)26-12-11-25-18/h1-6,13H,7-12,14H2. The van der Waals surface area contributed by atoms with Crippen LogP contribution in [0.1, 0.15) is 5.56 Å². The van der Waals surface area contributed by atoms with E-state index in [-0.39, 0.29) is 10.6 Å². The summed E-state index contributed by atoms with van der Waals surface area (Å²) in [6, 6.07) is 12.9. The number of hydrogen-bond donors (Lipinski definition) is 0. The Morgan fingerprint density at radius 3 is 2.58 bits per heavy atom. The Kier molecular flexibility index (Phi) is 4.62. The largest absolute Gasteiger partial charge is 0.486 e. The molecule has 7 nitrogen and oxygen atoms in total. The molecule has 7 heteroatoms. The molecule has 2 aliphatic heterocycles. The average molecular weight is 355 g/mol. The molecular formula is C19H21N3O4. The molecule has 0 saturated carbocycles. The number of nitro groups is 1. The zero-order valence-corrected chi connectivity index (χ0v) is 14.5. The second kappa shape index (κ2) is 7.21. The van der Waals surface area contributed by atoms with Crippen LogP contribution in [0.2, 0.25) is 0 Å². The number of hydrogen-bond acceptors (Lipinski definition) is 6. The highest BCUT2D eigenvalue weighted by Crippen LogP contribution is 2.34. The molecule has 0 bridgehead atoms. The Labute approximate surface area is 151 Å². The molecule has 2 aliphatic rings. The van der Waals surface area contributed by atoms with Gasteiger partial charge in [-0.25, -0.2) is 0 Å². The van der Waals surface area contributed by atoms with E-state index in [4.69, 9.17) is 9.47 Å². The fourth-order valence-corrected chi connectivity index (χ4v) is 3.47. The highest BCUT2D eigenvalue weighted by molar-refractivity contribution is 5.53. The van der Waals surface area contributed by atoms with Gasteiger partial charge >= 0.3 is 0 Å². The second-order valence-electron chi connectivity index (χ2n) is 6.48. The molecule has 0 aliphatic carbocycles. The van der Waals surface area contributed by atoms with Crippen LogP contribution < -0.4 is 14.4 Å². The summed E-state index contributed by atoms with van der Waals surface area (Å²) in [6.45, 7) is 5.47. The van der Waals surface area contributed by atoms with Crippen LogP contribution in [0.5, 0.6) is 11.5 Å². The summed E-state index contributed by atoms with van der Waals surface area (Å²) in [5, 5.41) is 11.0. The van der Waals surface area contributed by atoms with E-state index in [1.165, 1.54) is 6.07 Å². The first-order valence-corrected chi connectivity index (χ1v) is 8.80. The third-order valence-corrected chi connectivity index (χ3v) is 4.82. The Bertz CT molecular complexity index is 803. The number of anilines is 1. The van der Waals surface area contributed by atoms with Crippen LogP contribution in [-0.4, -0.2) is 49.2 Å². The smallest absolute Gasteiger partial charge is 0.271 e. The molecule has 1 fully saturated rings. The highest BCUT2D eigenvalue weighted by Gasteiger charge is 2.22. The van der Waals surface area contributed by atoms with Crippen LogP contribution in [-0.2, 0) is 6.54 Å². The molecule has 0 atom stereocenters. The van der Waals surface area contributed by atoms with Gasteiger partial charge in [0.05, 0.1) is 4.92 Å². The number of nitro benzene ring substituents is 1. The number of nitrogens with zero attached hydrogens (tertiary/aromatic N) is 3. The molecule has 0 N–H and O–H groups in total. The first kappa shape index (κ1) is 16.7. The maximum atomic E-state index is 11.0. The maximum Gasteiger partial charge on any atom is 0.271 e. The number of para-hydroxylation sites is 1. The van der Waals surface area contributed by atoms with Crippen LogP contribution >= 0.6 is 0 Å². The van der Waals surface area contributed by atoms with E-state index in [1.54, 1.807) is 12.1 Å². The van der Waals surface area contributed by atoms with Crippen molar-refractivity contribution < 1.29 is 14.4 Å². The van der Waals surface area contributed by atoms with E-state index in [0.29, 0.717) is 13.2 Å². The zero-order chi connectivity index (χ0) is 17.9. The van der Waals surface area contributed by atoms with Gasteiger partial charge in [0.25, 0.3) is 5.69 Å². The molecule has 1 saturated heterocycles. The molecule has 0 unspecified atom stereocenters. The minimum atomic E-state index is -0.347. The monoisotopic (exact) mass is 355 g/mol. The number of non-ortho nitro benzene ring substituents is 1. The Hall–Kier alpha value is -2.80. The van der Waals surface area contributed by atoms with E-state index in [1.807, 2.05) is 18.2 Å². The number of benzene rings is 2. The molecule has 0 spiro atoms. The van der Waals surface area contributed by atoms with Crippen molar-refractivity contribution in [3.8, 4) is 11.5 Å². The molecule has 2 heterocycles. The molecule has 26 heavy (non-hydrogen) atoms. The molecular weight excluding hydrogens is 334 g/mol. The third kappa shape index (κ3) is 3.43. The van der Waals surface area contributed by atoms with Gasteiger partial charge in [-0.15, -0.1) is 0 Å². The minimum absolute atomic E-state index is 0.137. The molecule has 2 aromatic rings.